The van der Waals surface area contributed by atoms with Crippen molar-refractivity contribution in [3.8, 4) is 0 Å². The molecule has 98 valence electrons. The van der Waals surface area contributed by atoms with Crippen molar-refractivity contribution in [3.05, 3.63) is 22.8 Å². The van der Waals surface area contributed by atoms with E-state index in [1.807, 2.05) is 0 Å². The van der Waals surface area contributed by atoms with Crippen molar-refractivity contribution in [2.45, 2.75) is 24.6 Å². The van der Waals surface area contributed by atoms with Crippen molar-refractivity contribution in [2.24, 2.45) is 0 Å². The summed E-state index contributed by atoms with van der Waals surface area (Å²) >= 11 is 5.57. The first-order chi connectivity index (χ1) is 8.25. The maximum atomic E-state index is 12.7. The molecule has 8 heteroatoms. The van der Waals surface area contributed by atoms with Crippen LogP contribution in [0.4, 0.5) is 19.0 Å². The van der Waals surface area contributed by atoms with E-state index in [0.717, 1.165) is 12.3 Å². The molecule has 4 nitrogen and oxygen atoms in total. The number of aromatic nitrogens is 1. The summed E-state index contributed by atoms with van der Waals surface area (Å²) in [6, 6.07) is 0.997. The third kappa shape index (κ3) is 2.22. The van der Waals surface area contributed by atoms with Gasteiger partial charge in [0.1, 0.15) is 11.4 Å². The number of alkyl halides is 3. The lowest BCUT2D eigenvalue weighted by Crippen LogP contribution is -2.38. The molecule has 0 aromatic carbocycles. The van der Waals surface area contributed by atoms with Gasteiger partial charge in [0.25, 0.3) is 0 Å². The van der Waals surface area contributed by atoms with Crippen molar-refractivity contribution in [1.29, 1.82) is 0 Å². The highest BCUT2D eigenvalue weighted by Gasteiger charge is 2.63. The molecule has 0 unspecified atom stereocenters. The molecule has 1 aromatic rings. The SMILES string of the molecule is O=C(O)c1cc(NC2(C(F)(F)F)CC2)ncc1Cl. The van der Waals surface area contributed by atoms with Gasteiger partial charge in [-0.15, -0.1) is 0 Å². The monoisotopic (exact) mass is 280 g/mol. The molecular weight excluding hydrogens is 273 g/mol. The van der Waals surface area contributed by atoms with E-state index in [9.17, 15) is 18.0 Å². The Morgan fingerprint density at radius 1 is 1.50 bits per heavy atom. The van der Waals surface area contributed by atoms with Crippen LogP contribution in [0.5, 0.6) is 0 Å². The van der Waals surface area contributed by atoms with Crippen molar-refractivity contribution >= 4 is 23.4 Å². The highest BCUT2D eigenvalue weighted by atomic mass is 35.5. The average molecular weight is 281 g/mol. The largest absolute Gasteiger partial charge is 0.478 e. The first kappa shape index (κ1) is 12.9. The molecule has 2 N–H and O–H groups in total. The topological polar surface area (TPSA) is 62.2 Å². The summed E-state index contributed by atoms with van der Waals surface area (Å²) in [5, 5.41) is 10.9. The van der Waals surface area contributed by atoms with Crippen LogP contribution >= 0.6 is 11.6 Å². The maximum Gasteiger partial charge on any atom is 0.411 e. The molecular formula is C10H8ClF3N2O2. The molecule has 0 saturated heterocycles. The summed E-state index contributed by atoms with van der Waals surface area (Å²) in [4.78, 5) is 14.4. The van der Waals surface area contributed by atoms with Gasteiger partial charge >= 0.3 is 12.1 Å². The number of hydrogen-bond donors (Lipinski definition) is 2. The predicted octanol–water partition coefficient (Wildman–Crippen LogP) is 2.94. The van der Waals surface area contributed by atoms with E-state index in [1.165, 1.54) is 0 Å². The van der Waals surface area contributed by atoms with Crippen LogP contribution in [0.25, 0.3) is 0 Å². The molecule has 1 aliphatic rings. The molecule has 1 saturated carbocycles. The van der Waals surface area contributed by atoms with Gasteiger partial charge in [-0.3, -0.25) is 0 Å². The van der Waals surface area contributed by atoms with Gasteiger partial charge in [-0.2, -0.15) is 13.2 Å². The molecule has 1 fully saturated rings. The van der Waals surface area contributed by atoms with Gasteiger partial charge in [0.05, 0.1) is 10.6 Å². The zero-order valence-electron chi connectivity index (χ0n) is 8.88. The fourth-order valence-electron chi connectivity index (χ4n) is 1.52. The summed E-state index contributed by atoms with van der Waals surface area (Å²) in [6.07, 6.45) is -3.48. The number of halogens is 4. The van der Waals surface area contributed by atoms with Crippen molar-refractivity contribution in [3.63, 3.8) is 0 Å². The summed E-state index contributed by atoms with van der Waals surface area (Å²) in [7, 11) is 0. The maximum absolute atomic E-state index is 12.7. The van der Waals surface area contributed by atoms with E-state index in [4.69, 9.17) is 16.7 Å². The number of anilines is 1. The number of pyridine rings is 1. The smallest absolute Gasteiger partial charge is 0.411 e. The average Bonchev–Trinajstić information content (AvgIpc) is 3.00. The molecule has 0 amide bonds. The Kier molecular flexibility index (Phi) is 2.89. The Hall–Kier alpha value is -1.50. The number of carboxylic acid groups (broad SMARTS) is 1. The second-order valence-electron chi connectivity index (χ2n) is 4.06. The first-order valence-electron chi connectivity index (χ1n) is 4.99. The predicted molar refractivity (Wildman–Crippen MR) is 57.8 cm³/mol. The van der Waals surface area contributed by atoms with Crippen LogP contribution in [-0.2, 0) is 0 Å². The van der Waals surface area contributed by atoms with E-state index < -0.39 is 17.7 Å². The van der Waals surface area contributed by atoms with Crippen molar-refractivity contribution < 1.29 is 23.1 Å². The van der Waals surface area contributed by atoms with Crippen LogP contribution in [0.15, 0.2) is 12.3 Å². The Labute approximate surface area is 105 Å². The zero-order chi connectivity index (χ0) is 13.6. The lowest BCUT2D eigenvalue weighted by Gasteiger charge is -2.21. The van der Waals surface area contributed by atoms with Gasteiger partial charge in [0.15, 0.2) is 0 Å². The number of nitrogens with one attached hydrogen (secondary N) is 1. The molecule has 18 heavy (non-hydrogen) atoms. The summed E-state index contributed by atoms with van der Waals surface area (Å²) in [5.74, 6) is -1.46. The first-order valence-corrected chi connectivity index (χ1v) is 5.37. The third-order valence-electron chi connectivity index (χ3n) is 2.75. The lowest BCUT2D eigenvalue weighted by atomic mass is 10.2. The molecule has 1 heterocycles. The minimum Gasteiger partial charge on any atom is -0.478 e. The number of hydrogen-bond acceptors (Lipinski definition) is 3. The van der Waals surface area contributed by atoms with E-state index >= 15 is 0 Å². The third-order valence-corrected chi connectivity index (χ3v) is 3.05. The highest BCUT2D eigenvalue weighted by Crippen LogP contribution is 2.51. The molecule has 1 aliphatic carbocycles. The van der Waals surface area contributed by atoms with E-state index in [0.29, 0.717) is 0 Å². The second kappa shape index (κ2) is 4.01. The second-order valence-corrected chi connectivity index (χ2v) is 4.47. The summed E-state index contributed by atoms with van der Waals surface area (Å²) < 4.78 is 38.1. The van der Waals surface area contributed by atoms with Crippen LogP contribution in [-0.4, -0.2) is 27.8 Å². The zero-order valence-corrected chi connectivity index (χ0v) is 9.64. The molecule has 1 aromatic heterocycles. The van der Waals surface area contributed by atoms with Crippen molar-refractivity contribution in [2.75, 3.05) is 5.32 Å². The summed E-state index contributed by atoms with van der Waals surface area (Å²) in [5.41, 5.74) is -2.27. The van der Waals surface area contributed by atoms with Crippen LogP contribution in [0.1, 0.15) is 23.2 Å². The quantitative estimate of drug-likeness (QED) is 0.893. The van der Waals surface area contributed by atoms with Gasteiger partial charge in [0.2, 0.25) is 0 Å². The van der Waals surface area contributed by atoms with Gasteiger partial charge in [-0.05, 0) is 18.9 Å². The Morgan fingerprint density at radius 3 is 2.56 bits per heavy atom. The van der Waals surface area contributed by atoms with E-state index in [1.54, 1.807) is 0 Å². The van der Waals surface area contributed by atoms with Crippen LogP contribution in [0.3, 0.4) is 0 Å². The van der Waals surface area contributed by atoms with Gasteiger partial charge in [0, 0.05) is 6.20 Å². The van der Waals surface area contributed by atoms with E-state index in [2.05, 4.69) is 10.3 Å². The minimum atomic E-state index is -4.39. The van der Waals surface area contributed by atoms with Crippen LogP contribution in [0.2, 0.25) is 5.02 Å². The molecule has 0 spiro atoms. The van der Waals surface area contributed by atoms with Gasteiger partial charge < -0.3 is 10.4 Å². The van der Waals surface area contributed by atoms with Crippen molar-refractivity contribution in [1.82, 2.24) is 4.98 Å². The number of carbonyl (C=O) groups is 1. The fourth-order valence-corrected chi connectivity index (χ4v) is 1.70. The molecule has 0 radical (unpaired) electrons. The minimum absolute atomic E-state index is 0.0524. The Balaban J connectivity index is 2.26. The molecule has 0 aliphatic heterocycles. The lowest BCUT2D eigenvalue weighted by molar-refractivity contribution is -0.151. The Morgan fingerprint density at radius 2 is 2.11 bits per heavy atom. The molecule has 2 rings (SSSR count). The van der Waals surface area contributed by atoms with Gasteiger partial charge in [-0.25, -0.2) is 9.78 Å². The number of nitrogens with zero attached hydrogens (tertiary/aromatic N) is 1. The fraction of sp³-hybridized carbons (Fsp3) is 0.400. The van der Waals surface area contributed by atoms with E-state index in [-0.39, 0.29) is 29.2 Å². The molecule has 0 bridgehead atoms. The Bertz CT molecular complexity index is 500. The standard InChI is InChI=1S/C10H8ClF3N2O2/c11-6-4-15-7(3-5(6)8(17)18)16-9(1-2-9)10(12,13)14/h3-4H,1-2H2,(H,15,16)(H,17,18). The highest BCUT2D eigenvalue weighted by molar-refractivity contribution is 6.33. The normalized spacial score (nSPS) is 17.3. The van der Waals surface area contributed by atoms with Crippen LogP contribution in [0, 0.1) is 0 Å². The number of rotatable bonds is 3. The van der Waals surface area contributed by atoms with Gasteiger partial charge in [-0.1, -0.05) is 11.6 Å². The molecule has 0 atom stereocenters. The number of aromatic carboxylic acids is 1. The number of carboxylic acids is 1. The van der Waals surface area contributed by atoms with Crippen LogP contribution < -0.4 is 5.32 Å². The summed E-state index contributed by atoms with van der Waals surface area (Å²) in [6.45, 7) is 0.